The van der Waals surface area contributed by atoms with Gasteiger partial charge in [0.1, 0.15) is 0 Å². The van der Waals surface area contributed by atoms with Gasteiger partial charge in [0, 0.05) is 12.6 Å². The number of carbonyl (C=O) groups is 1. The summed E-state index contributed by atoms with van der Waals surface area (Å²) in [6.45, 7) is 3.93. The Morgan fingerprint density at radius 2 is 2.22 bits per heavy atom. The van der Waals surface area contributed by atoms with Gasteiger partial charge in [-0.15, -0.1) is 0 Å². The average molecular weight is 127 g/mol. The van der Waals surface area contributed by atoms with Crippen molar-refractivity contribution in [3.63, 3.8) is 0 Å². The number of amides is 1. The molecule has 0 unspecified atom stereocenters. The number of carbonyl (C=O) groups excluding carboxylic acids is 1. The normalized spacial score (nSPS) is 10.4. The maximum Gasteiger partial charge on any atom is 0.245 e. The van der Waals surface area contributed by atoms with Gasteiger partial charge in [0.05, 0.1) is 0 Å². The molecule has 0 saturated heterocycles. The zero-order valence-corrected chi connectivity index (χ0v) is 6.05. The number of hydrogen-bond acceptors (Lipinski definition) is 1. The molecule has 0 spiro atoms. The second-order valence-electron chi connectivity index (χ2n) is 1.86. The maximum absolute atomic E-state index is 10.6. The summed E-state index contributed by atoms with van der Waals surface area (Å²) in [6, 6.07) is 0. The van der Waals surface area contributed by atoms with Crippen molar-refractivity contribution < 1.29 is 4.79 Å². The molecule has 52 valence electrons. The lowest BCUT2D eigenvalue weighted by atomic mass is 10.3. The third-order valence-electron chi connectivity index (χ3n) is 0.882. The molecule has 0 saturated carbocycles. The van der Waals surface area contributed by atoms with Crippen LogP contribution in [0.15, 0.2) is 4.99 Å². The van der Waals surface area contributed by atoms with Crippen molar-refractivity contribution >= 4 is 12.1 Å². The van der Waals surface area contributed by atoms with Crippen molar-refractivity contribution in [3.8, 4) is 0 Å². The van der Waals surface area contributed by atoms with Crippen LogP contribution in [0.3, 0.4) is 0 Å². The Morgan fingerprint density at radius 3 is 2.67 bits per heavy atom. The fourth-order valence-corrected chi connectivity index (χ4v) is 0.472. The number of aliphatic imine (C=N–C) groups is 1. The van der Waals surface area contributed by atoms with Gasteiger partial charge in [-0.1, -0.05) is 13.8 Å². The Morgan fingerprint density at radius 1 is 1.56 bits per heavy atom. The van der Waals surface area contributed by atoms with E-state index in [0.717, 1.165) is 12.8 Å². The van der Waals surface area contributed by atoms with Gasteiger partial charge in [0.25, 0.3) is 0 Å². The van der Waals surface area contributed by atoms with Gasteiger partial charge < -0.3 is 0 Å². The van der Waals surface area contributed by atoms with Gasteiger partial charge in [-0.3, -0.25) is 4.79 Å². The predicted molar refractivity (Wildman–Crippen MR) is 38.7 cm³/mol. The van der Waals surface area contributed by atoms with Crippen molar-refractivity contribution in [3.05, 3.63) is 0 Å². The van der Waals surface area contributed by atoms with Crippen LogP contribution in [0, 0.1) is 0 Å². The number of rotatable bonds is 3. The molecule has 0 heterocycles. The lowest BCUT2D eigenvalue weighted by molar-refractivity contribution is -0.117. The molecule has 1 amide bonds. The number of nitrogens with zero attached hydrogens (tertiary/aromatic N) is 1. The smallest absolute Gasteiger partial charge is 0.245 e. The third-order valence-corrected chi connectivity index (χ3v) is 0.882. The van der Waals surface area contributed by atoms with E-state index >= 15 is 0 Å². The summed E-state index contributed by atoms with van der Waals surface area (Å²) < 4.78 is 0. The van der Waals surface area contributed by atoms with Crippen LogP contribution in [-0.2, 0) is 4.79 Å². The average Bonchev–Trinajstić information content (AvgIpc) is 1.85. The predicted octanol–water partition coefficient (Wildman–Crippen LogP) is 1.79. The summed E-state index contributed by atoms with van der Waals surface area (Å²) in [5, 5.41) is 0. The molecule has 0 fully saturated rings. The van der Waals surface area contributed by atoms with Crippen molar-refractivity contribution in [1.29, 1.82) is 0 Å². The van der Waals surface area contributed by atoms with Gasteiger partial charge in [-0.25, -0.2) is 4.99 Å². The zero-order valence-electron chi connectivity index (χ0n) is 6.05. The summed E-state index contributed by atoms with van der Waals surface area (Å²) in [7, 11) is 0. The lowest BCUT2D eigenvalue weighted by Crippen LogP contribution is -1.90. The second kappa shape index (κ2) is 5.48. The Bertz CT molecular complexity index is 107. The van der Waals surface area contributed by atoms with E-state index in [9.17, 15) is 4.79 Å². The van der Waals surface area contributed by atoms with Crippen LogP contribution in [0.1, 0.15) is 33.1 Å². The van der Waals surface area contributed by atoms with E-state index in [1.54, 1.807) is 6.21 Å². The molecule has 9 heavy (non-hydrogen) atoms. The van der Waals surface area contributed by atoms with Gasteiger partial charge in [0.2, 0.25) is 5.91 Å². The third kappa shape index (κ3) is 5.21. The summed E-state index contributed by atoms with van der Waals surface area (Å²) in [4.78, 5) is 14.3. The molecular formula is C7H13NO. The summed E-state index contributed by atoms with van der Waals surface area (Å²) >= 11 is 0. The maximum atomic E-state index is 10.6. The highest BCUT2D eigenvalue weighted by molar-refractivity contribution is 5.84. The minimum absolute atomic E-state index is 0.000602. The van der Waals surface area contributed by atoms with E-state index in [0.29, 0.717) is 6.42 Å². The van der Waals surface area contributed by atoms with E-state index in [4.69, 9.17) is 0 Å². The molecule has 0 N–H and O–H groups in total. The van der Waals surface area contributed by atoms with Crippen molar-refractivity contribution in [2.45, 2.75) is 33.1 Å². The first kappa shape index (κ1) is 8.34. The molecule has 0 aliphatic carbocycles. The first-order chi connectivity index (χ1) is 4.31. The van der Waals surface area contributed by atoms with Gasteiger partial charge in [-0.2, -0.15) is 0 Å². The highest BCUT2D eigenvalue weighted by Gasteiger charge is 1.91. The molecule has 0 aromatic heterocycles. The molecule has 2 heteroatoms. The topological polar surface area (TPSA) is 29.4 Å². The minimum atomic E-state index is -0.000602. The highest BCUT2D eigenvalue weighted by Crippen LogP contribution is 1.88. The Kier molecular flexibility index (Phi) is 5.07. The van der Waals surface area contributed by atoms with Crippen LogP contribution in [0.5, 0.6) is 0 Å². The molecule has 2 nitrogen and oxygen atoms in total. The zero-order chi connectivity index (χ0) is 7.11. The molecule has 0 radical (unpaired) electrons. The van der Waals surface area contributed by atoms with Crippen molar-refractivity contribution in [2.24, 2.45) is 4.99 Å². The van der Waals surface area contributed by atoms with Gasteiger partial charge >= 0.3 is 0 Å². The lowest BCUT2D eigenvalue weighted by Gasteiger charge is -1.85. The van der Waals surface area contributed by atoms with Gasteiger partial charge in [0.15, 0.2) is 0 Å². The summed E-state index contributed by atoms with van der Waals surface area (Å²) in [5.41, 5.74) is 0. The highest BCUT2D eigenvalue weighted by atomic mass is 16.1. The first-order valence-electron chi connectivity index (χ1n) is 3.36. The van der Waals surface area contributed by atoms with Crippen LogP contribution in [0.25, 0.3) is 0 Å². The molecule has 0 bridgehead atoms. The van der Waals surface area contributed by atoms with E-state index in [-0.39, 0.29) is 5.91 Å². The fraction of sp³-hybridized carbons (Fsp3) is 0.714. The summed E-state index contributed by atoms with van der Waals surface area (Å²) in [6.07, 6.45) is 3.96. The Balaban J connectivity index is 3.37. The van der Waals surface area contributed by atoms with Gasteiger partial charge in [-0.05, 0) is 12.8 Å². The molecule has 0 aliphatic heterocycles. The molecular weight excluding hydrogens is 114 g/mol. The molecule has 0 aliphatic rings. The van der Waals surface area contributed by atoms with Crippen LogP contribution >= 0.6 is 0 Å². The fourth-order valence-electron chi connectivity index (χ4n) is 0.472. The van der Waals surface area contributed by atoms with E-state index in [2.05, 4.69) is 4.99 Å². The largest absolute Gasteiger partial charge is 0.273 e. The van der Waals surface area contributed by atoms with Crippen LogP contribution in [0.4, 0.5) is 0 Å². The summed E-state index contributed by atoms with van der Waals surface area (Å²) in [5.74, 6) is -0.000602. The molecule has 0 aromatic carbocycles. The minimum Gasteiger partial charge on any atom is -0.273 e. The van der Waals surface area contributed by atoms with E-state index in [1.807, 2.05) is 13.8 Å². The van der Waals surface area contributed by atoms with E-state index in [1.165, 1.54) is 0 Å². The van der Waals surface area contributed by atoms with Crippen molar-refractivity contribution in [1.82, 2.24) is 0 Å². The SMILES string of the molecule is CC/C=N\C(=O)CCC. The second-order valence-corrected chi connectivity index (χ2v) is 1.86. The monoisotopic (exact) mass is 127 g/mol. The molecule has 0 atom stereocenters. The quantitative estimate of drug-likeness (QED) is 0.531. The van der Waals surface area contributed by atoms with Crippen LogP contribution in [-0.4, -0.2) is 12.1 Å². The standard InChI is InChI=1S/C7H13NO/c1-3-5-7(9)8-6-4-2/h6H,3-5H2,1-2H3/b8-6-. The first-order valence-corrected chi connectivity index (χ1v) is 3.36. The van der Waals surface area contributed by atoms with Crippen molar-refractivity contribution in [2.75, 3.05) is 0 Å². The Labute approximate surface area is 56.0 Å². The molecule has 0 aromatic rings. The number of hydrogen-bond donors (Lipinski definition) is 0. The van der Waals surface area contributed by atoms with Crippen LogP contribution in [0.2, 0.25) is 0 Å². The van der Waals surface area contributed by atoms with E-state index < -0.39 is 0 Å². The Hall–Kier alpha value is -0.660. The van der Waals surface area contributed by atoms with Crippen LogP contribution < -0.4 is 0 Å². The molecule has 0 rings (SSSR count).